The fourth-order valence-electron chi connectivity index (χ4n) is 1.58. The Balaban J connectivity index is 2.08. The third kappa shape index (κ3) is 4.34. The van der Waals surface area contributed by atoms with Crippen molar-refractivity contribution in [2.24, 2.45) is 0 Å². The Morgan fingerprint density at radius 3 is 2.39 bits per heavy atom. The molecule has 2 amide bonds. The van der Waals surface area contributed by atoms with Crippen molar-refractivity contribution < 1.29 is 19.6 Å². The van der Waals surface area contributed by atoms with E-state index in [4.69, 9.17) is 10.0 Å². The predicted molar refractivity (Wildman–Crippen MR) is 78.9 cm³/mol. The first kappa shape index (κ1) is 16.6. The van der Waals surface area contributed by atoms with Crippen LogP contribution in [-0.4, -0.2) is 37.6 Å². The summed E-state index contributed by atoms with van der Waals surface area (Å²) in [5.74, 6) is -1.13. The number of hydrogen-bond acceptors (Lipinski definition) is 6. The first-order valence-electron chi connectivity index (χ1n) is 6.76. The summed E-state index contributed by atoms with van der Waals surface area (Å²) in [6.45, 7) is 5.46. The van der Waals surface area contributed by atoms with Crippen LogP contribution in [0.3, 0.4) is 0 Å². The fraction of sp³-hybridized carbons (Fsp3) is 0.286. The van der Waals surface area contributed by atoms with Crippen molar-refractivity contribution in [1.29, 1.82) is 0 Å². The summed E-state index contributed by atoms with van der Waals surface area (Å²) in [7, 11) is 0. The van der Waals surface area contributed by atoms with Gasteiger partial charge < -0.3 is 0 Å². The highest BCUT2D eigenvalue weighted by Gasteiger charge is 2.14. The summed E-state index contributed by atoms with van der Waals surface area (Å²) in [6.07, 6.45) is 1.35. The monoisotopic (exact) mass is 319 g/mol. The summed E-state index contributed by atoms with van der Waals surface area (Å²) >= 11 is 0. The third-order valence-corrected chi connectivity index (χ3v) is 2.67. The van der Waals surface area contributed by atoms with Gasteiger partial charge in [-0.3, -0.25) is 19.6 Å². The minimum absolute atomic E-state index is 0.0344. The zero-order valence-electron chi connectivity index (χ0n) is 12.9. The molecule has 1 aromatic carbocycles. The smallest absolute Gasteiger partial charge is 0.288 e. The van der Waals surface area contributed by atoms with Gasteiger partial charge >= 0.3 is 0 Å². The van der Waals surface area contributed by atoms with Crippen LogP contribution in [0.1, 0.15) is 41.6 Å². The van der Waals surface area contributed by atoms with Gasteiger partial charge in [0.15, 0.2) is 5.69 Å². The Kier molecular flexibility index (Phi) is 4.72. The van der Waals surface area contributed by atoms with Gasteiger partial charge in [0, 0.05) is 5.56 Å². The van der Waals surface area contributed by atoms with E-state index in [0.717, 1.165) is 0 Å². The van der Waals surface area contributed by atoms with Gasteiger partial charge in [0.05, 0.1) is 17.5 Å². The molecule has 122 valence electrons. The van der Waals surface area contributed by atoms with Crippen molar-refractivity contribution in [2.45, 2.75) is 26.4 Å². The number of carbonyl (C=O) groups excluding carboxylic acids is 2. The van der Waals surface area contributed by atoms with E-state index >= 15 is 0 Å². The van der Waals surface area contributed by atoms with E-state index in [1.54, 1.807) is 24.3 Å². The van der Waals surface area contributed by atoms with Gasteiger partial charge in [-0.05, 0) is 45.0 Å². The van der Waals surface area contributed by atoms with Gasteiger partial charge in [-0.1, -0.05) is 5.21 Å². The maximum Gasteiger partial charge on any atom is 0.296 e. The van der Waals surface area contributed by atoms with Crippen LogP contribution in [0, 0.1) is 0 Å². The molecule has 9 heteroatoms. The number of rotatable bonds is 4. The highest BCUT2D eigenvalue weighted by atomic mass is 16.7. The lowest BCUT2D eigenvalue weighted by Crippen LogP contribution is -2.33. The molecule has 0 saturated heterocycles. The standard InChI is InChI=1S/C14H17N5O4/c1-14(2,3)23-17-12(20)9-4-6-10(7-5-9)19-8-11(15-18-19)13(21)16-22/h4-8,22H,1-3H3,(H,16,21)(H,17,20). The molecule has 0 bridgehead atoms. The molecule has 9 nitrogen and oxygen atoms in total. The molecule has 0 atom stereocenters. The maximum atomic E-state index is 11.9. The molecule has 0 saturated carbocycles. The Morgan fingerprint density at radius 1 is 1.17 bits per heavy atom. The molecule has 3 N–H and O–H groups in total. The van der Waals surface area contributed by atoms with Gasteiger partial charge in [-0.15, -0.1) is 5.10 Å². The number of nitrogens with one attached hydrogen (secondary N) is 2. The Hall–Kier alpha value is -2.78. The number of aromatic nitrogens is 3. The van der Waals surface area contributed by atoms with Crippen LogP contribution >= 0.6 is 0 Å². The summed E-state index contributed by atoms with van der Waals surface area (Å²) in [5, 5.41) is 15.9. The first-order valence-corrected chi connectivity index (χ1v) is 6.76. The SMILES string of the molecule is CC(C)(C)ONC(=O)c1ccc(-n2cc(C(=O)NO)nn2)cc1. The second-order valence-electron chi connectivity index (χ2n) is 5.68. The van der Waals surface area contributed by atoms with Crippen molar-refractivity contribution >= 4 is 11.8 Å². The van der Waals surface area contributed by atoms with Gasteiger partial charge in [0.25, 0.3) is 11.8 Å². The summed E-state index contributed by atoms with van der Waals surface area (Å²) < 4.78 is 1.35. The number of hydroxylamine groups is 2. The zero-order valence-corrected chi connectivity index (χ0v) is 12.9. The minimum atomic E-state index is -0.758. The third-order valence-electron chi connectivity index (χ3n) is 2.67. The lowest BCUT2D eigenvalue weighted by Gasteiger charge is -2.18. The summed E-state index contributed by atoms with van der Waals surface area (Å²) in [5.41, 5.74) is 4.33. The molecule has 23 heavy (non-hydrogen) atoms. The highest BCUT2D eigenvalue weighted by molar-refractivity contribution is 5.93. The average molecular weight is 319 g/mol. The topological polar surface area (TPSA) is 118 Å². The van der Waals surface area contributed by atoms with Crippen LogP contribution in [0.5, 0.6) is 0 Å². The summed E-state index contributed by atoms with van der Waals surface area (Å²) in [6, 6.07) is 6.46. The lowest BCUT2D eigenvalue weighted by atomic mass is 10.2. The van der Waals surface area contributed by atoms with Crippen LogP contribution in [-0.2, 0) is 4.84 Å². The van der Waals surface area contributed by atoms with Crippen LogP contribution in [0.4, 0.5) is 0 Å². The van der Waals surface area contributed by atoms with Gasteiger partial charge in [-0.25, -0.2) is 15.6 Å². The summed E-state index contributed by atoms with van der Waals surface area (Å²) in [4.78, 5) is 28.3. The van der Waals surface area contributed by atoms with Crippen LogP contribution in [0.2, 0.25) is 0 Å². The highest BCUT2D eigenvalue weighted by Crippen LogP contribution is 2.10. The zero-order chi connectivity index (χ0) is 17.0. The Morgan fingerprint density at radius 2 is 1.83 bits per heavy atom. The van der Waals surface area contributed by atoms with E-state index in [1.165, 1.54) is 16.4 Å². The molecule has 0 radical (unpaired) electrons. The lowest BCUT2D eigenvalue weighted by molar-refractivity contribution is -0.0589. The molecule has 0 fully saturated rings. The molecular formula is C14H17N5O4. The molecule has 0 aliphatic heterocycles. The van der Waals surface area contributed by atoms with Crippen molar-refractivity contribution in [1.82, 2.24) is 26.0 Å². The Labute approximate surface area is 132 Å². The largest absolute Gasteiger partial charge is 0.296 e. The molecule has 2 aromatic rings. The fourth-order valence-corrected chi connectivity index (χ4v) is 1.58. The predicted octanol–water partition coefficient (Wildman–Crippen LogP) is 0.846. The van der Waals surface area contributed by atoms with Gasteiger partial charge in [0.1, 0.15) is 0 Å². The van der Waals surface area contributed by atoms with Crippen molar-refractivity contribution in [3.05, 3.63) is 41.7 Å². The number of hydrogen-bond donors (Lipinski definition) is 3. The number of nitrogens with zero attached hydrogens (tertiary/aromatic N) is 3. The minimum Gasteiger partial charge on any atom is -0.288 e. The molecular weight excluding hydrogens is 302 g/mol. The van der Waals surface area contributed by atoms with Crippen LogP contribution < -0.4 is 11.0 Å². The molecule has 0 aliphatic rings. The number of amides is 2. The Bertz CT molecular complexity index is 703. The van der Waals surface area contributed by atoms with Crippen molar-refractivity contribution in [2.75, 3.05) is 0 Å². The van der Waals surface area contributed by atoms with Gasteiger partial charge in [0.2, 0.25) is 0 Å². The molecule has 1 aromatic heterocycles. The van der Waals surface area contributed by atoms with Crippen molar-refractivity contribution in [3.8, 4) is 5.69 Å². The normalized spacial score (nSPS) is 11.1. The van der Waals surface area contributed by atoms with E-state index < -0.39 is 11.5 Å². The molecule has 0 unspecified atom stereocenters. The quantitative estimate of drug-likeness (QED) is 0.568. The van der Waals surface area contributed by atoms with E-state index in [0.29, 0.717) is 11.3 Å². The van der Waals surface area contributed by atoms with Crippen LogP contribution in [0.25, 0.3) is 5.69 Å². The molecule has 0 spiro atoms. The molecule has 2 rings (SSSR count). The van der Waals surface area contributed by atoms with E-state index in [9.17, 15) is 9.59 Å². The molecule has 0 aliphatic carbocycles. The van der Waals surface area contributed by atoms with Crippen LogP contribution in [0.15, 0.2) is 30.5 Å². The number of carbonyl (C=O) groups is 2. The van der Waals surface area contributed by atoms with Gasteiger partial charge in [-0.2, -0.15) is 0 Å². The van der Waals surface area contributed by atoms with E-state index in [1.807, 2.05) is 20.8 Å². The van der Waals surface area contributed by atoms with E-state index in [-0.39, 0.29) is 11.6 Å². The maximum absolute atomic E-state index is 11.9. The number of benzene rings is 1. The first-order chi connectivity index (χ1) is 10.8. The van der Waals surface area contributed by atoms with Crippen molar-refractivity contribution in [3.63, 3.8) is 0 Å². The second kappa shape index (κ2) is 6.55. The second-order valence-corrected chi connectivity index (χ2v) is 5.68. The molecule has 1 heterocycles. The van der Waals surface area contributed by atoms with E-state index in [2.05, 4.69) is 15.8 Å². The average Bonchev–Trinajstić information content (AvgIpc) is 3.01.